The molecule has 1 aromatic rings. The van der Waals surface area contributed by atoms with Crippen LogP contribution in [-0.2, 0) is 4.79 Å². The number of carbonyl (C=O) groups excluding carboxylic acids is 2. The number of amides is 2. The summed E-state index contributed by atoms with van der Waals surface area (Å²) in [5, 5.41) is 3.73. The maximum absolute atomic E-state index is 13.3. The fourth-order valence-electron chi connectivity index (χ4n) is 4.02. The fourth-order valence-corrected chi connectivity index (χ4v) is 5.78. The molecule has 1 heterocycles. The van der Waals surface area contributed by atoms with Gasteiger partial charge in [-0.3, -0.25) is 9.59 Å². The minimum atomic E-state index is -0.387. The molecule has 2 aliphatic rings. The van der Waals surface area contributed by atoms with E-state index in [1.807, 2.05) is 4.90 Å². The lowest BCUT2D eigenvalue weighted by atomic mass is 9.88. The van der Waals surface area contributed by atoms with Crippen LogP contribution in [0.1, 0.15) is 62.2 Å². The summed E-state index contributed by atoms with van der Waals surface area (Å²) >= 11 is 7.76. The van der Waals surface area contributed by atoms with E-state index in [0.717, 1.165) is 25.7 Å². The molecule has 0 radical (unpaired) electrons. The predicted molar refractivity (Wildman–Crippen MR) is 112 cm³/mol. The highest BCUT2D eigenvalue weighted by atomic mass is 35.5. The normalized spacial score (nSPS) is 23.4. The zero-order valence-corrected chi connectivity index (χ0v) is 17.5. The third kappa shape index (κ3) is 5.00. The van der Waals surface area contributed by atoms with Crippen molar-refractivity contribution in [1.82, 2.24) is 10.2 Å². The van der Waals surface area contributed by atoms with Crippen LogP contribution in [0, 0.1) is 5.92 Å². The van der Waals surface area contributed by atoms with E-state index in [-0.39, 0.29) is 23.2 Å². The first-order chi connectivity index (χ1) is 13.1. The summed E-state index contributed by atoms with van der Waals surface area (Å²) in [6, 6.07) is 6.62. The molecule has 0 bridgehead atoms. The van der Waals surface area contributed by atoms with Crippen molar-refractivity contribution in [3.05, 3.63) is 34.9 Å². The van der Waals surface area contributed by atoms with Crippen molar-refractivity contribution in [3.8, 4) is 0 Å². The van der Waals surface area contributed by atoms with Crippen LogP contribution in [0.5, 0.6) is 0 Å². The van der Waals surface area contributed by atoms with Crippen molar-refractivity contribution >= 4 is 35.2 Å². The molecule has 0 aromatic heterocycles. The number of rotatable bonds is 6. The van der Waals surface area contributed by atoms with E-state index in [1.165, 1.54) is 19.3 Å². The summed E-state index contributed by atoms with van der Waals surface area (Å²) in [5.74, 6) is 1.09. The molecule has 2 atom stereocenters. The number of hydrogen-bond acceptors (Lipinski definition) is 3. The summed E-state index contributed by atoms with van der Waals surface area (Å²) < 4.78 is 0. The summed E-state index contributed by atoms with van der Waals surface area (Å²) in [6.07, 6.45) is 8.01. The molecule has 3 rings (SSSR count). The van der Waals surface area contributed by atoms with Crippen molar-refractivity contribution < 1.29 is 9.59 Å². The fraction of sp³-hybridized carbons (Fsp3) is 0.619. The summed E-state index contributed by atoms with van der Waals surface area (Å²) in [6.45, 7) is 2.78. The van der Waals surface area contributed by atoms with Crippen LogP contribution in [0.2, 0.25) is 5.02 Å². The van der Waals surface area contributed by atoms with Crippen molar-refractivity contribution in [2.75, 3.05) is 12.3 Å². The van der Waals surface area contributed by atoms with E-state index in [2.05, 4.69) is 12.2 Å². The van der Waals surface area contributed by atoms with Gasteiger partial charge in [0.25, 0.3) is 5.91 Å². The van der Waals surface area contributed by atoms with Gasteiger partial charge in [0.15, 0.2) is 0 Å². The van der Waals surface area contributed by atoms with Crippen LogP contribution < -0.4 is 5.32 Å². The number of carbonyl (C=O) groups is 2. The van der Waals surface area contributed by atoms with E-state index in [1.54, 1.807) is 36.0 Å². The molecular weight excluding hydrogens is 380 g/mol. The van der Waals surface area contributed by atoms with E-state index in [9.17, 15) is 9.59 Å². The first-order valence-corrected chi connectivity index (χ1v) is 11.5. The van der Waals surface area contributed by atoms with Gasteiger partial charge in [0.2, 0.25) is 5.91 Å². The Morgan fingerprint density at radius 1 is 1.19 bits per heavy atom. The summed E-state index contributed by atoms with van der Waals surface area (Å²) in [5.41, 5.74) is 0.606. The molecule has 4 nitrogen and oxygen atoms in total. The number of unbranched alkanes of at least 4 members (excludes halogenated alkanes) is 1. The SMILES string of the molecule is CCCCNC(=O)C1CSC(C2CCCCC2)N1C(=O)c1ccc(Cl)cc1. The molecule has 1 aromatic carbocycles. The second kappa shape index (κ2) is 9.83. The molecule has 6 heteroatoms. The number of hydrogen-bond donors (Lipinski definition) is 1. The Kier molecular flexibility index (Phi) is 7.48. The molecule has 1 N–H and O–H groups in total. The Bertz CT molecular complexity index is 646. The Balaban J connectivity index is 1.80. The largest absolute Gasteiger partial charge is 0.354 e. The molecule has 148 valence electrons. The van der Waals surface area contributed by atoms with Crippen LogP contribution in [0.25, 0.3) is 0 Å². The zero-order chi connectivity index (χ0) is 19.2. The molecule has 1 saturated carbocycles. The van der Waals surface area contributed by atoms with Crippen molar-refractivity contribution in [3.63, 3.8) is 0 Å². The van der Waals surface area contributed by atoms with Gasteiger partial charge in [-0.2, -0.15) is 0 Å². The molecule has 1 saturated heterocycles. The highest BCUT2D eigenvalue weighted by Gasteiger charge is 2.45. The molecule has 2 fully saturated rings. The highest BCUT2D eigenvalue weighted by Crippen LogP contribution is 2.41. The minimum absolute atomic E-state index is 0.0171. The van der Waals surface area contributed by atoms with E-state index < -0.39 is 0 Å². The lowest BCUT2D eigenvalue weighted by molar-refractivity contribution is -0.125. The lowest BCUT2D eigenvalue weighted by Gasteiger charge is -2.35. The standard InChI is InChI=1S/C21H29ClN2O2S/c1-2-3-13-23-19(25)18-14-27-21(16-7-5-4-6-8-16)24(18)20(26)15-9-11-17(22)12-10-15/h9-12,16,18,21H,2-8,13-14H2,1H3,(H,23,25). The average molecular weight is 409 g/mol. The molecule has 2 amide bonds. The monoisotopic (exact) mass is 408 g/mol. The first-order valence-electron chi connectivity index (χ1n) is 10.1. The predicted octanol–water partition coefficient (Wildman–Crippen LogP) is 4.72. The summed E-state index contributed by atoms with van der Waals surface area (Å²) in [4.78, 5) is 28.0. The van der Waals surface area contributed by atoms with Crippen LogP contribution in [0.15, 0.2) is 24.3 Å². The molecule has 1 aliphatic carbocycles. The topological polar surface area (TPSA) is 49.4 Å². The highest BCUT2D eigenvalue weighted by molar-refractivity contribution is 8.00. The second-order valence-electron chi connectivity index (χ2n) is 7.50. The van der Waals surface area contributed by atoms with Gasteiger partial charge in [0.05, 0.1) is 5.37 Å². The number of nitrogens with one attached hydrogen (secondary N) is 1. The van der Waals surface area contributed by atoms with Gasteiger partial charge in [-0.15, -0.1) is 11.8 Å². The molecule has 1 aliphatic heterocycles. The average Bonchev–Trinajstić information content (AvgIpc) is 3.14. The van der Waals surface area contributed by atoms with Gasteiger partial charge < -0.3 is 10.2 Å². The Morgan fingerprint density at radius 2 is 1.89 bits per heavy atom. The molecule has 27 heavy (non-hydrogen) atoms. The molecule has 2 unspecified atom stereocenters. The van der Waals surface area contributed by atoms with Crippen LogP contribution in [0.3, 0.4) is 0 Å². The molecular formula is C21H29ClN2O2S. The quantitative estimate of drug-likeness (QED) is 0.693. The van der Waals surface area contributed by atoms with Crippen LogP contribution >= 0.6 is 23.4 Å². The third-order valence-electron chi connectivity index (χ3n) is 5.55. The molecule has 0 spiro atoms. The van der Waals surface area contributed by atoms with Crippen LogP contribution in [0.4, 0.5) is 0 Å². The summed E-state index contributed by atoms with van der Waals surface area (Å²) in [7, 11) is 0. The number of benzene rings is 1. The van der Waals surface area contributed by atoms with E-state index in [4.69, 9.17) is 11.6 Å². The Hall–Kier alpha value is -1.20. The lowest BCUT2D eigenvalue weighted by Crippen LogP contribution is -2.51. The van der Waals surface area contributed by atoms with Gasteiger partial charge in [-0.1, -0.05) is 44.2 Å². The van der Waals surface area contributed by atoms with Crippen molar-refractivity contribution in [2.24, 2.45) is 5.92 Å². The number of thioether (sulfide) groups is 1. The van der Waals surface area contributed by atoms with E-state index >= 15 is 0 Å². The maximum Gasteiger partial charge on any atom is 0.255 e. The Labute approximate surface area is 171 Å². The van der Waals surface area contributed by atoms with Crippen LogP contribution in [-0.4, -0.2) is 40.4 Å². The zero-order valence-electron chi connectivity index (χ0n) is 16.0. The van der Waals surface area contributed by atoms with Crippen molar-refractivity contribution in [1.29, 1.82) is 0 Å². The van der Waals surface area contributed by atoms with Gasteiger partial charge in [-0.05, 0) is 49.4 Å². The number of halogens is 1. The van der Waals surface area contributed by atoms with Gasteiger partial charge in [-0.25, -0.2) is 0 Å². The number of nitrogens with zero attached hydrogens (tertiary/aromatic N) is 1. The smallest absolute Gasteiger partial charge is 0.255 e. The second-order valence-corrected chi connectivity index (χ2v) is 9.09. The van der Waals surface area contributed by atoms with Gasteiger partial charge in [0.1, 0.15) is 6.04 Å². The third-order valence-corrected chi connectivity index (χ3v) is 7.26. The first kappa shape index (κ1) is 20.5. The Morgan fingerprint density at radius 3 is 2.56 bits per heavy atom. The van der Waals surface area contributed by atoms with Gasteiger partial charge in [0, 0.05) is 22.9 Å². The minimum Gasteiger partial charge on any atom is -0.354 e. The van der Waals surface area contributed by atoms with E-state index in [0.29, 0.717) is 28.8 Å². The maximum atomic E-state index is 13.3. The van der Waals surface area contributed by atoms with Crippen molar-refractivity contribution in [2.45, 2.75) is 63.3 Å². The van der Waals surface area contributed by atoms with Gasteiger partial charge >= 0.3 is 0 Å².